The van der Waals surface area contributed by atoms with Gasteiger partial charge >= 0.3 is 0 Å². The molecule has 100 valence electrons. The minimum atomic E-state index is 0.470. The number of nitrogens with zero attached hydrogens (tertiary/aromatic N) is 3. The Hall–Kier alpha value is -2.69. The van der Waals surface area contributed by atoms with Crippen LogP contribution in [-0.4, -0.2) is 27.5 Å². The zero-order chi connectivity index (χ0) is 13.9. The van der Waals surface area contributed by atoms with Crippen LogP contribution in [0, 0.1) is 0 Å². The molecule has 0 aliphatic carbocycles. The Morgan fingerprint density at radius 2 is 2.15 bits per heavy atom. The number of hydrogen-bond acceptors (Lipinski definition) is 4. The summed E-state index contributed by atoms with van der Waals surface area (Å²) in [5.41, 5.74) is 2.39. The Morgan fingerprint density at radius 3 is 2.95 bits per heavy atom. The predicted molar refractivity (Wildman–Crippen MR) is 75.0 cm³/mol. The van der Waals surface area contributed by atoms with Gasteiger partial charge in [-0.05, 0) is 25.1 Å². The Balaban J connectivity index is 2.27. The summed E-state index contributed by atoms with van der Waals surface area (Å²) >= 11 is 0. The van der Waals surface area contributed by atoms with Crippen LogP contribution in [0.25, 0.3) is 16.9 Å². The second-order valence-electron chi connectivity index (χ2n) is 4.20. The third-order valence-electron chi connectivity index (χ3n) is 2.99. The molecule has 0 fully saturated rings. The van der Waals surface area contributed by atoms with Crippen LogP contribution in [0.5, 0.6) is 5.75 Å². The maximum absolute atomic E-state index is 11.4. The lowest BCUT2D eigenvalue weighted by Crippen LogP contribution is -1.95. The maximum Gasteiger partial charge on any atom is 0.166 e. The van der Waals surface area contributed by atoms with Gasteiger partial charge in [-0.3, -0.25) is 4.79 Å². The van der Waals surface area contributed by atoms with E-state index < -0.39 is 0 Å². The van der Waals surface area contributed by atoms with Crippen LogP contribution >= 0.6 is 0 Å². The van der Waals surface area contributed by atoms with E-state index in [9.17, 15) is 4.79 Å². The van der Waals surface area contributed by atoms with Gasteiger partial charge in [0.2, 0.25) is 0 Å². The van der Waals surface area contributed by atoms with Crippen LogP contribution in [0.3, 0.4) is 0 Å². The van der Waals surface area contributed by atoms with Crippen molar-refractivity contribution in [2.24, 2.45) is 0 Å². The molecule has 1 aromatic carbocycles. The first-order chi connectivity index (χ1) is 9.85. The maximum atomic E-state index is 11.4. The lowest BCUT2D eigenvalue weighted by atomic mass is 10.1. The Labute approximate surface area is 115 Å². The molecule has 3 aromatic rings. The molecule has 5 heteroatoms. The van der Waals surface area contributed by atoms with Crippen molar-refractivity contribution in [1.82, 2.24) is 14.6 Å². The number of carbonyl (C=O) groups is 1. The molecule has 2 aromatic heterocycles. The molecule has 0 bridgehead atoms. The number of ether oxygens (including phenoxy) is 1. The summed E-state index contributed by atoms with van der Waals surface area (Å²) in [5, 5.41) is 4.44. The van der Waals surface area contributed by atoms with E-state index >= 15 is 0 Å². The van der Waals surface area contributed by atoms with E-state index in [1.807, 2.05) is 31.2 Å². The summed E-state index contributed by atoms with van der Waals surface area (Å²) in [6.45, 7) is 2.47. The summed E-state index contributed by atoms with van der Waals surface area (Å²) in [4.78, 5) is 15.6. The molecular weight excluding hydrogens is 254 g/mol. The Bertz CT molecular complexity index is 765. The minimum Gasteiger partial charge on any atom is -0.493 e. The van der Waals surface area contributed by atoms with E-state index in [1.165, 1.54) is 0 Å². The molecule has 0 aliphatic rings. The molecule has 5 nitrogen and oxygen atoms in total. The van der Waals surface area contributed by atoms with Crippen molar-refractivity contribution < 1.29 is 9.53 Å². The van der Waals surface area contributed by atoms with Crippen molar-refractivity contribution in [3.63, 3.8) is 0 Å². The van der Waals surface area contributed by atoms with Crippen molar-refractivity contribution in [3.8, 4) is 17.0 Å². The topological polar surface area (TPSA) is 56.5 Å². The molecule has 0 radical (unpaired) electrons. The average molecular weight is 267 g/mol. The van der Waals surface area contributed by atoms with Crippen LogP contribution in [0.15, 0.2) is 42.7 Å². The van der Waals surface area contributed by atoms with Crippen LogP contribution in [0.4, 0.5) is 0 Å². The molecule has 0 amide bonds. The normalized spacial score (nSPS) is 10.7. The van der Waals surface area contributed by atoms with E-state index in [2.05, 4.69) is 10.1 Å². The number of aromatic nitrogens is 3. The molecule has 0 aliphatic heterocycles. The molecule has 3 rings (SSSR count). The molecule has 0 unspecified atom stereocenters. The van der Waals surface area contributed by atoms with Gasteiger partial charge in [0.25, 0.3) is 0 Å². The summed E-state index contributed by atoms with van der Waals surface area (Å²) < 4.78 is 7.20. The molecule has 20 heavy (non-hydrogen) atoms. The van der Waals surface area contributed by atoms with Crippen LogP contribution < -0.4 is 4.74 Å². The Morgan fingerprint density at radius 1 is 1.30 bits per heavy atom. The molecule has 0 N–H and O–H groups in total. The van der Waals surface area contributed by atoms with Crippen molar-refractivity contribution in [1.29, 1.82) is 0 Å². The van der Waals surface area contributed by atoms with Crippen molar-refractivity contribution in [3.05, 3.63) is 48.3 Å². The highest BCUT2D eigenvalue weighted by molar-refractivity contribution is 5.94. The van der Waals surface area contributed by atoms with E-state index in [-0.39, 0.29) is 0 Å². The lowest BCUT2D eigenvalue weighted by molar-refractivity contribution is 0.112. The monoisotopic (exact) mass is 267 g/mol. The summed E-state index contributed by atoms with van der Waals surface area (Å²) in [7, 11) is 0. The number of hydrogen-bond donors (Lipinski definition) is 0. The van der Waals surface area contributed by atoms with Gasteiger partial charge < -0.3 is 4.74 Å². The van der Waals surface area contributed by atoms with Crippen molar-refractivity contribution >= 4 is 11.9 Å². The van der Waals surface area contributed by atoms with E-state index in [0.29, 0.717) is 29.3 Å². The van der Waals surface area contributed by atoms with Gasteiger partial charge in [0.05, 0.1) is 12.2 Å². The molecule has 0 saturated carbocycles. The van der Waals surface area contributed by atoms with Gasteiger partial charge in [-0.25, -0.2) is 9.50 Å². The fraction of sp³-hybridized carbons (Fsp3) is 0.133. The number of carbonyl (C=O) groups excluding carboxylic acids is 1. The number of benzene rings is 1. The van der Waals surface area contributed by atoms with E-state index in [0.717, 1.165) is 11.8 Å². The fourth-order valence-corrected chi connectivity index (χ4v) is 2.16. The van der Waals surface area contributed by atoms with E-state index in [1.54, 1.807) is 23.0 Å². The van der Waals surface area contributed by atoms with E-state index in [4.69, 9.17) is 4.74 Å². The number of rotatable bonds is 4. The standard InChI is InChI=1S/C15H13N3O2/c1-2-20-13-7-4-3-6-11(13)14-12(10-19)15-16-8-5-9-18(15)17-14/h3-10H,2H2,1H3. The molecule has 0 spiro atoms. The first kappa shape index (κ1) is 12.3. The van der Waals surface area contributed by atoms with Crippen LogP contribution in [-0.2, 0) is 0 Å². The zero-order valence-electron chi connectivity index (χ0n) is 11.0. The highest BCUT2D eigenvalue weighted by Crippen LogP contribution is 2.31. The first-order valence-electron chi connectivity index (χ1n) is 6.36. The van der Waals surface area contributed by atoms with Crippen LogP contribution in [0.2, 0.25) is 0 Å². The second-order valence-corrected chi connectivity index (χ2v) is 4.20. The van der Waals surface area contributed by atoms with Gasteiger partial charge in [-0.1, -0.05) is 12.1 Å². The van der Waals surface area contributed by atoms with Gasteiger partial charge in [-0.15, -0.1) is 0 Å². The third-order valence-corrected chi connectivity index (χ3v) is 2.99. The number of aldehydes is 1. The molecule has 2 heterocycles. The zero-order valence-corrected chi connectivity index (χ0v) is 11.0. The van der Waals surface area contributed by atoms with Gasteiger partial charge in [0.15, 0.2) is 11.9 Å². The number of para-hydroxylation sites is 1. The highest BCUT2D eigenvalue weighted by Gasteiger charge is 2.17. The smallest absolute Gasteiger partial charge is 0.166 e. The second kappa shape index (κ2) is 5.13. The van der Waals surface area contributed by atoms with Crippen molar-refractivity contribution in [2.45, 2.75) is 6.92 Å². The lowest BCUT2D eigenvalue weighted by Gasteiger charge is -2.07. The average Bonchev–Trinajstić information content (AvgIpc) is 2.86. The third kappa shape index (κ3) is 1.93. The Kier molecular flexibility index (Phi) is 3.16. The SMILES string of the molecule is CCOc1ccccc1-c1nn2cccnc2c1C=O. The first-order valence-corrected chi connectivity index (χ1v) is 6.36. The van der Waals surface area contributed by atoms with Gasteiger partial charge in [0.1, 0.15) is 11.4 Å². The summed E-state index contributed by atoms with van der Waals surface area (Å²) in [6.07, 6.45) is 4.19. The largest absolute Gasteiger partial charge is 0.493 e. The highest BCUT2D eigenvalue weighted by atomic mass is 16.5. The van der Waals surface area contributed by atoms with Crippen molar-refractivity contribution in [2.75, 3.05) is 6.61 Å². The summed E-state index contributed by atoms with van der Waals surface area (Å²) in [6, 6.07) is 9.31. The molecule has 0 saturated heterocycles. The molecule has 0 atom stereocenters. The molecular formula is C15H13N3O2. The van der Waals surface area contributed by atoms with Gasteiger partial charge in [-0.2, -0.15) is 5.10 Å². The quantitative estimate of drug-likeness (QED) is 0.682. The van der Waals surface area contributed by atoms with Crippen LogP contribution in [0.1, 0.15) is 17.3 Å². The number of fused-ring (bicyclic) bond motifs is 1. The fourth-order valence-electron chi connectivity index (χ4n) is 2.16. The predicted octanol–water partition coefficient (Wildman–Crippen LogP) is 2.61. The minimum absolute atomic E-state index is 0.470. The van der Waals surface area contributed by atoms with Gasteiger partial charge in [0, 0.05) is 18.0 Å². The summed E-state index contributed by atoms with van der Waals surface area (Å²) in [5.74, 6) is 0.710.